The highest BCUT2D eigenvalue weighted by atomic mass is 16.4. The molecule has 25 heavy (non-hydrogen) atoms. The number of carboxylic acid groups (broad SMARTS) is 1. The Balaban J connectivity index is 1.61. The molecule has 1 aliphatic heterocycles. The van der Waals surface area contributed by atoms with Crippen molar-refractivity contribution in [2.24, 2.45) is 5.92 Å². The number of imidazole rings is 1. The van der Waals surface area contributed by atoms with Crippen LogP contribution in [0, 0.1) is 5.92 Å². The molecule has 0 radical (unpaired) electrons. The minimum atomic E-state index is -0.891. The van der Waals surface area contributed by atoms with Crippen molar-refractivity contribution in [3.05, 3.63) is 48.5 Å². The highest BCUT2D eigenvalue weighted by molar-refractivity contribution is 5.97. The van der Waals surface area contributed by atoms with E-state index in [0.717, 1.165) is 31.4 Å². The molecule has 1 amide bonds. The molecule has 1 N–H and O–H groups in total. The van der Waals surface area contributed by atoms with E-state index in [1.165, 1.54) is 0 Å². The number of amides is 1. The number of benzene rings is 1. The summed E-state index contributed by atoms with van der Waals surface area (Å²) in [5.41, 5.74) is 1.46. The number of hydrogen-bond acceptors (Lipinski definition) is 3. The van der Waals surface area contributed by atoms with Crippen molar-refractivity contribution in [3.63, 3.8) is 0 Å². The zero-order valence-electron chi connectivity index (χ0n) is 13.9. The van der Waals surface area contributed by atoms with Crippen molar-refractivity contribution in [1.82, 2.24) is 14.5 Å². The lowest BCUT2D eigenvalue weighted by molar-refractivity contribution is -0.141. The van der Waals surface area contributed by atoms with Gasteiger partial charge in [-0.15, -0.1) is 0 Å². The number of fused-ring (bicyclic) bond motifs is 1. The fourth-order valence-electron chi connectivity index (χ4n) is 4.31. The van der Waals surface area contributed by atoms with Crippen molar-refractivity contribution in [2.75, 3.05) is 0 Å². The Hall–Kier alpha value is -2.63. The van der Waals surface area contributed by atoms with Crippen LogP contribution in [-0.4, -0.2) is 43.5 Å². The highest BCUT2D eigenvalue weighted by Gasteiger charge is 2.47. The molecule has 2 aliphatic rings. The minimum Gasteiger partial charge on any atom is -0.480 e. The van der Waals surface area contributed by atoms with E-state index in [9.17, 15) is 14.7 Å². The predicted octanol–water partition coefficient (Wildman–Crippen LogP) is 2.73. The molecule has 6 nitrogen and oxygen atoms in total. The second-order valence-electron chi connectivity index (χ2n) is 6.93. The Bertz CT molecular complexity index is 770. The van der Waals surface area contributed by atoms with Gasteiger partial charge < -0.3 is 14.6 Å². The third kappa shape index (κ3) is 2.81. The van der Waals surface area contributed by atoms with Gasteiger partial charge in [0.2, 0.25) is 0 Å². The van der Waals surface area contributed by atoms with Crippen molar-refractivity contribution < 1.29 is 14.7 Å². The summed E-state index contributed by atoms with van der Waals surface area (Å²) in [5.74, 6) is -0.735. The number of carbonyl (C=O) groups excluding carboxylic acids is 1. The van der Waals surface area contributed by atoms with E-state index in [1.807, 2.05) is 22.9 Å². The summed E-state index contributed by atoms with van der Waals surface area (Å²) < 4.78 is 1.86. The van der Waals surface area contributed by atoms with Gasteiger partial charge in [0.25, 0.3) is 5.91 Å². The molecule has 3 atom stereocenters. The van der Waals surface area contributed by atoms with Gasteiger partial charge in [-0.1, -0.05) is 12.8 Å². The lowest BCUT2D eigenvalue weighted by Gasteiger charge is -2.33. The summed E-state index contributed by atoms with van der Waals surface area (Å²) in [4.78, 5) is 30.4. The first-order chi connectivity index (χ1) is 12.1. The minimum absolute atomic E-state index is 0.0654. The lowest BCUT2D eigenvalue weighted by Crippen LogP contribution is -2.46. The number of carbonyl (C=O) groups is 2. The normalized spacial score (nSPS) is 25.6. The summed E-state index contributed by atoms with van der Waals surface area (Å²) in [7, 11) is 0. The number of likely N-dealkylation sites (tertiary alicyclic amines) is 1. The van der Waals surface area contributed by atoms with Crippen LogP contribution in [0.2, 0.25) is 0 Å². The van der Waals surface area contributed by atoms with Crippen LogP contribution in [-0.2, 0) is 4.79 Å². The number of aromatic nitrogens is 2. The summed E-state index contributed by atoms with van der Waals surface area (Å²) in [5, 5.41) is 9.59. The van der Waals surface area contributed by atoms with Gasteiger partial charge in [-0.25, -0.2) is 9.78 Å². The fourth-order valence-corrected chi connectivity index (χ4v) is 4.31. The number of carboxylic acids is 1. The summed E-state index contributed by atoms with van der Waals surface area (Å²) in [6.07, 6.45) is 9.95. The van der Waals surface area contributed by atoms with Crippen LogP contribution >= 0.6 is 0 Å². The number of hydrogen-bond donors (Lipinski definition) is 1. The molecule has 1 saturated carbocycles. The molecule has 1 aromatic heterocycles. The maximum absolute atomic E-state index is 13.1. The monoisotopic (exact) mass is 339 g/mol. The van der Waals surface area contributed by atoms with Gasteiger partial charge in [-0.05, 0) is 49.4 Å². The Morgan fingerprint density at radius 1 is 1.12 bits per heavy atom. The Kier molecular flexibility index (Phi) is 4.03. The summed E-state index contributed by atoms with van der Waals surface area (Å²) >= 11 is 0. The quantitative estimate of drug-likeness (QED) is 0.933. The first kappa shape index (κ1) is 15.9. The molecule has 4 rings (SSSR count). The van der Waals surface area contributed by atoms with E-state index in [-0.39, 0.29) is 11.9 Å². The topological polar surface area (TPSA) is 75.4 Å². The van der Waals surface area contributed by atoms with Crippen LogP contribution in [0.4, 0.5) is 0 Å². The van der Waals surface area contributed by atoms with Crippen LogP contribution in [0.1, 0.15) is 42.5 Å². The fraction of sp³-hybridized carbons (Fsp3) is 0.421. The molecular formula is C19H21N3O3. The molecule has 2 aromatic rings. The average molecular weight is 339 g/mol. The zero-order chi connectivity index (χ0) is 17.4. The van der Waals surface area contributed by atoms with Crippen LogP contribution in [0.5, 0.6) is 0 Å². The molecule has 1 saturated heterocycles. The van der Waals surface area contributed by atoms with Gasteiger partial charge in [-0.3, -0.25) is 4.79 Å². The molecule has 1 aliphatic carbocycles. The second-order valence-corrected chi connectivity index (χ2v) is 6.93. The third-order valence-corrected chi connectivity index (χ3v) is 5.52. The number of nitrogens with zero attached hydrogens (tertiary/aromatic N) is 3. The lowest BCUT2D eigenvalue weighted by atomic mass is 9.84. The number of aliphatic carboxylic acids is 1. The maximum Gasteiger partial charge on any atom is 0.326 e. The number of rotatable bonds is 3. The molecule has 2 fully saturated rings. The SMILES string of the molecule is O=C(O)C1CC2CCCCC2N1C(=O)c1ccc(-n2ccnc2)cc1. The molecule has 3 unspecified atom stereocenters. The van der Waals surface area contributed by atoms with E-state index in [2.05, 4.69) is 4.98 Å². The largest absolute Gasteiger partial charge is 0.480 e. The molecule has 2 heterocycles. The summed E-state index contributed by atoms with van der Waals surface area (Å²) in [6.45, 7) is 0. The van der Waals surface area contributed by atoms with E-state index in [0.29, 0.717) is 17.9 Å². The van der Waals surface area contributed by atoms with Gasteiger partial charge in [0.05, 0.1) is 6.33 Å². The van der Waals surface area contributed by atoms with E-state index in [4.69, 9.17) is 0 Å². The first-order valence-corrected chi connectivity index (χ1v) is 8.79. The molecule has 6 heteroatoms. The van der Waals surface area contributed by atoms with Crippen LogP contribution < -0.4 is 0 Å². The highest BCUT2D eigenvalue weighted by Crippen LogP contribution is 2.40. The zero-order valence-corrected chi connectivity index (χ0v) is 13.9. The van der Waals surface area contributed by atoms with Gasteiger partial charge in [0, 0.05) is 29.7 Å². The smallest absolute Gasteiger partial charge is 0.326 e. The first-order valence-electron chi connectivity index (χ1n) is 8.79. The predicted molar refractivity (Wildman–Crippen MR) is 91.5 cm³/mol. The van der Waals surface area contributed by atoms with E-state index >= 15 is 0 Å². The molecule has 130 valence electrons. The van der Waals surface area contributed by atoms with Gasteiger partial charge >= 0.3 is 5.97 Å². The third-order valence-electron chi connectivity index (χ3n) is 5.52. The Morgan fingerprint density at radius 2 is 1.88 bits per heavy atom. The Morgan fingerprint density at radius 3 is 2.56 bits per heavy atom. The molecule has 1 aromatic carbocycles. The Labute approximate surface area is 146 Å². The molecule has 0 spiro atoms. The molecule has 0 bridgehead atoms. The summed E-state index contributed by atoms with van der Waals surface area (Å²) in [6, 6.07) is 6.63. The van der Waals surface area contributed by atoms with Crippen molar-refractivity contribution in [2.45, 2.75) is 44.2 Å². The van der Waals surface area contributed by atoms with Gasteiger partial charge in [0.15, 0.2) is 0 Å². The van der Waals surface area contributed by atoms with Crippen molar-refractivity contribution >= 4 is 11.9 Å². The van der Waals surface area contributed by atoms with E-state index < -0.39 is 12.0 Å². The van der Waals surface area contributed by atoms with E-state index in [1.54, 1.807) is 29.6 Å². The van der Waals surface area contributed by atoms with Crippen molar-refractivity contribution in [1.29, 1.82) is 0 Å². The van der Waals surface area contributed by atoms with Crippen LogP contribution in [0.3, 0.4) is 0 Å². The maximum atomic E-state index is 13.1. The van der Waals surface area contributed by atoms with Crippen molar-refractivity contribution in [3.8, 4) is 5.69 Å². The second kappa shape index (κ2) is 6.35. The van der Waals surface area contributed by atoms with Gasteiger partial charge in [-0.2, -0.15) is 0 Å². The average Bonchev–Trinajstić information content (AvgIpc) is 3.29. The van der Waals surface area contributed by atoms with Gasteiger partial charge in [0.1, 0.15) is 6.04 Å². The standard InChI is InChI=1S/C19H21N3O3/c23-18(13-5-7-15(8-6-13)21-10-9-20-12-21)22-16-4-2-1-3-14(16)11-17(22)19(24)25/h5-10,12,14,16-17H,1-4,11H2,(H,24,25). The van der Waals surface area contributed by atoms with Crippen LogP contribution in [0.25, 0.3) is 5.69 Å². The van der Waals surface area contributed by atoms with Crippen LogP contribution in [0.15, 0.2) is 43.0 Å². The molecular weight excluding hydrogens is 318 g/mol.